The van der Waals surface area contributed by atoms with Gasteiger partial charge in [0.1, 0.15) is 6.10 Å². The number of rotatable bonds is 2. The summed E-state index contributed by atoms with van der Waals surface area (Å²) in [6, 6.07) is 26.5. The maximum Gasteiger partial charge on any atom is 0.338 e. The molecule has 0 saturated carbocycles. The Bertz CT molecular complexity index is 1150. The fourth-order valence-electron chi connectivity index (χ4n) is 4.26. The average molecular weight is 352 g/mol. The molecule has 5 rings (SSSR count). The van der Waals surface area contributed by atoms with Gasteiger partial charge >= 0.3 is 5.97 Å². The summed E-state index contributed by atoms with van der Waals surface area (Å²) in [4.78, 5) is 12.5. The maximum atomic E-state index is 12.5. The number of aryl methyl sites for hydroxylation is 1. The first kappa shape index (κ1) is 16.1. The number of esters is 1. The van der Waals surface area contributed by atoms with Gasteiger partial charge in [-0.3, -0.25) is 0 Å². The van der Waals surface area contributed by atoms with Gasteiger partial charge in [-0.05, 0) is 64.1 Å². The molecule has 4 aromatic rings. The van der Waals surface area contributed by atoms with Crippen molar-refractivity contribution >= 4 is 27.5 Å². The molecule has 0 spiro atoms. The van der Waals surface area contributed by atoms with E-state index in [9.17, 15) is 4.79 Å². The van der Waals surface area contributed by atoms with Gasteiger partial charge in [-0.15, -0.1) is 0 Å². The Balaban J connectivity index is 1.57. The van der Waals surface area contributed by atoms with Crippen LogP contribution < -0.4 is 0 Å². The van der Waals surface area contributed by atoms with Crippen LogP contribution in [0.3, 0.4) is 0 Å². The van der Waals surface area contributed by atoms with Gasteiger partial charge in [0.15, 0.2) is 0 Å². The number of hydrogen-bond donors (Lipinski definition) is 0. The molecule has 27 heavy (non-hydrogen) atoms. The molecule has 0 bridgehead atoms. The average Bonchev–Trinajstić information content (AvgIpc) is 2.74. The predicted octanol–water partition coefficient (Wildman–Crippen LogP) is 6.23. The summed E-state index contributed by atoms with van der Waals surface area (Å²) in [5.74, 6) is -0.243. The molecule has 0 aliphatic heterocycles. The minimum atomic E-state index is -0.243. The molecule has 0 saturated heterocycles. The quantitative estimate of drug-likeness (QED) is 0.316. The molecular formula is C25H20O2. The second kappa shape index (κ2) is 6.55. The fourth-order valence-corrected chi connectivity index (χ4v) is 4.26. The minimum absolute atomic E-state index is 0.169. The van der Waals surface area contributed by atoms with Gasteiger partial charge < -0.3 is 4.74 Å². The lowest BCUT2D eigenvalue weighted by atomic mass is 9.85. The van der Waals surface area contributed by atoms with E-state index in [-0.39, 0.29) is 12.1 Å². The first-order valence-corrected chi connectivity index (χ1v) is 9.50. The van der Waals surface area contributed by atoms with E-state index in [2.05, 4.69) is 48.5 Å². The molecule has 1 atom stereocenters. The van der Waals surface area contributed by atoms with Crippen molar-refractivity contribution in [2.45, 2.75) is 25.4 Å². The largest absolute Gasteiger partial charge is 0.454 e. The summed E-state index contributed by atoms with van der Waals surface area (Å²) in [5.41, 5.74) is 3.10. The predicted molar refractivity (Wildman–Crippen MR) is 109 cm³/mol. The van der Waals surface area contributed by atoms with Crippen LogP contribution in [0.25, 0.3) is 21.5 Å². The highest BCUT2D eigenvalue weighted by molar-refractivity contribution is 6.08. The van der Waals surface area contributed by atoms with Gasteiger partial charge in [0.2, 0.25) is 0 Å². The van der Waals surface area contributed by atoms with E-state index >= 15 is 0 Å². The van der Waals surface area contributed by atoms with Crippen molar-refractivity contribution in [2.75, 3.05) is 0 Å². The van der Waals surface area contributed by atoms with Crippen molar-refractivity contribution in [2.24, 2.45) is 0 Å². The van der Waals surface area contributed by atoms with Gasteiger partial charge in [0, 0.05) is 0 Å². The number of ether oxygens (including phenoxy) is 1. The zero-order valence-corrected chi connectivity index (χ0v) is 15.0. The van der Waals surface area contributed by atoms with Crippen LogP contribution >= 0.6 is 0 Å². The lowest BCUT2D eigenvalue weighted by Gasteiger charge is -2.27. The van der Waals surface area contributed by atoms with E-state index < -0.39 is 0 Å². The maximum absolute atomic E-state index is 12.5. The summed E-state index contributed by atoms with van der Waals surface area (Å²) >= 11 is 0. The smallest absolute Gasteiger partial charge is 0.338 e. The molecule has 4 aromatic carbocycles. The van der Waals surface area contributed by atoms with Crippen molar-refractivity contribution in [3.8, 4) is 0 Å². The molecule has 0 N–H and O–H groups in total. The molecule has 0 amide bonds. The Morgan fingerprint density at radius 2 is 1.56 bits per heavy atom. The number of benzene rings is 4. The van der Waals surface area contributed by atoms with Crippen LogP contribution in [0.5, 0.6) is 0 Å². The van der Waals surface area contributed by atoms with Crippen LogP contribution in [-0.4, -0.2) is 5.97 Å². The van der Waals surface area contributed by atoms with Crippen molar-refractivity contribution in [3.63, 3.8) is 0 Å². The van der Waals surface area contributed by atoms with Crippen molar-refractivity contribution in [3.05, 3.63) is 95.6 Å². The number of carbonyl (C=O) groups is 1. The van der Waals surface area contributed by atoms with Crippen molar-refractivity contribution in [1.82, 2.24) is 0 Å². The molecule has 0 radical (unpaired) electrons. The molecule has 1 unspecified atom stereocenters. The summed E-state index contributed by atoms with van der Waals surface area (Å²) in [6.07, 6.45) is 2.78. The number of hydrogen-bond acceptors (Lipinski definition) is 2. The molecule has 0 fully saturated rings. The van der Waals surface area contributed by atoms with Crippen LogP contribution in [0.4, 0.5) is 0 Å². The Morgan fingerprint density at radius 1 is 0.778 bits per heavy atom. The Kier molecular flexibility index (Phi) is 3.90. The third-order valence-corrected chi connectivity index (χ3v) is 5.57. The van der Waals surface area contributed by atoms with E-state index in [1.165, 1.54) is 27.1 Å². The van der Waals surface area contributed by atoms with E-state index in [0.29, 0.717) is 5.56 Å². The standard InChI is InChI=1S/C25H20O2/c26-25(18-8-2-1-3-9-18)27-24-12-6-11-20-22-14-13-17-7-4-5-10-19(17)21(22)15-16-23(20)24/h1-5,7-10,13-16,24H,6,11-12H2. The summed E-state index contributed by atoms with van der Waals surface area (Å²) in [6.45, 7) is 0. The van der Waals surface area contributed by atoms with Crippen LogP contribution in [0.1, 0.15) is 40.4 Å². The van der Waals surface area contributed by atoms with Gasteiger partial charge in [0.25, 0.3) is 0 Å². The topological polar surface area (TPSA) is 26.3 Å². The second-order valence-corrected chi connectivity index (χ2v) is 7.17. The van der Waals surface area contributed by atoms with Crippen molar-refractivity contribution in [1.29, 1.82) is 0 Å². The number of fused-ring (bicyclic) bond motifs is 5. The SMILES string of the molecule is O=C(OC1CCCc2c1ccc1c2ccc2ccccc21)c1ccccc1. The Morgan fingerprint density at radius 3 is 2.44 bits per heavy atom. The molecule has 2 heteroatoms. The fraction of sp³-hybridized carbons (Fsp3) is 0.160. The Labute approximate surface area is 158 Å². The molecule has 0 heterocycles. The normalized spacial score (nSPS) is 16.2. The van der Waals surface area contributed by atoms with Crippen LogP contribution in [-0.2, 0) is 11.2 Å². The molecule has 0 aromatic heterocycles. The van der Waals surface area contributed by atoms with E-state index in [1.54, 1.807) is 12.1 Å². The van der Waals surface area contributed by atoms with E-state index in [0.717, 1.165) is 24.8 Å². The van der Waals surface area contributed by atoms with Gasteiger partial charge in [-0.2, -0.15) is 0 Å². The first-order chi connectivity index (χ1) is 13.3. The molecule has 2 nitrogen and oxygen atoms in total. The van der Waals surface area contributed by atoms with Gasteiger partial charge in [-0.1, -0.05) is 66.7 Å². The Hall–Kier alpha value is -3.13. The molecular weight excluding hydrogens is 332 g/mol. The zero-order chi connectivity index (χ0) is 18.2. The highest BCUT2D eigenvalue weighted by Crippen LogP contribution is 2.39. The van der Waals surface area contributed by atoms with Crippen LogP contribution in [0.2, 0.25) is 0 Å². The van der Waals surface area contributed by atoms with Crippen LogP contribution in [0.15, 0.2) is 78.9 Å². The van der Waals surface area contributed by atoms with Crippen LogP contribution in [0, 0.1) is 0 Å². The third kappa shape index (κ3) is 2.78. The molecule has 1 aliphatic carbocycles. The summed E-state index contributed by atoms with van der Waals surface area (Å²) < 4.78 is 5.90. The second-order valence-electron chi connectivity index (χ2n) is 7.17. The van der Waals surface area contributed by atoms with E-state index in [4.69, 9.17) is 4.74 Å². The molecule has 1 aliphatic rings. The van der Waals surface area contributed by atoms with Gasteiger partial charge in [0.05, 0.1) is 5.56 Å². The summed E-state index contributed by atoms with van der Waals surface area (Å²) in [5, 5.41) is 5.10. The zero-order valence-electron chi connectivity index (χ0n) is 15.0. The number of carbonyl (C=O) groups excluding carboxylic acids is 1. The lowest BCUT2D eigenvalue weighted by Crippen LogP contribution is -2.17. The van der Waals surface area contributed by atoms with Gasteiger partial charge in [-0.25, -0.2) is 4.79 Å². The highest BCUT2D eigenvalue weighted by atomic mass is 16.5. The lowest BCUT2D eigenvalue weighted by molar-refractivity contribution is 0.0257. The van der Waals surface area contributed by atoms with E-state index in [1.807, 2.05) is 18.2 Å². The molecule has 132 valence electrons. The van der Waals surface area contributed by atoms with Crippen molar-refractivity contribution < 1.29 is 9.53 Å². The first-order valence-electron chi connectivity index (χ1n) is 9.50. The third-order valence-electron chi connectivity index (χ3n) is 5.57. The minimum Gasteiger partial charge on any atom is -0.454 e. The summed E-state index contributed by atoms with van der Waals surface area (Å²) in [7, 11) is 0. The highest BCUT2D eigenvalue weighted by Gasteiger charge is 2.25. The monoisotopic (exact) mass is 352 g/mol.